The van der Waals surface area contributed by atoms with E-state index in [2.05, 4.69) is 5.32 Å². The Morgan fingerprint density at radius 2 is 2.29 bits per heavy atom. The molecule has 1 unspecified atom stereocenters. The number of carbonyl (C=O) groups excluding carboxylic acids is 2. The van der Waals surface area contributed by atoms with Gasteiger partial charge in [-0.1, -0.05) is 0 Å². The maximum atomic E-state index is 11.5. The number of thioether (sulfide) groups is 1. The molecule has 1 fully saturated rings. The summed E-state index contributed by atoms with van der Waals surface area (Å²) in [6.07, 6.45) is 0.305. The molecule has 0 radical (unpaired) electrons. The first-order chi connectivity index (χ1) is 8.02. The number of carboxylic acid groups (broad SMARTS) is 1. The lowest BCUT2D eigenvalue weighted by Gasteiger charge is -2.11. The average Bonchev–Trinajstić information content (AvgIpc) is 2.70. The summed E-state index contributed by atoms with van der Waals surface area (Å²) in [7, 11) is 0. The zero-order valence-corrected chi connectivity index (χ0v) is 10.0. The molecule has 4 N–H and O–H groups in total. The minimum Gasteiger partial charge on any atom is -0.480 e. The second-order valence-corrected chi connectivity index (χ2v) is 4.67. The summed E-state index contributed by atoms with van der Waals surface area (Å²) in [5.41, 5.74) is 5.31. The van der Waals surface area contributed by atoms with Gasteiger partial charge in [0.2, 0.25) is 5.91 Å². The molecule has 0 spiro atoms. The van der Waals surface area contributed by atoms with Crippen LogP contribution < -0.4 is 11.1 Å². The highest BCUT2D eigenvalue weighted by molar-refractivity contribution is 7.99. The number of amides is 3. The topological polar surface area (TPSA) is 113 Å². The van der Waals surface area contributed by atoms with Gasteiger partial charge in [-0.3, -0.25) is 14.5 Å². The Morgan fingerprint density at radius 3 is 2.82 bits per heavy atom. The van der Waals surface area contributed by atoms with Crippen molar-refractivity contribution >= 4 is 29.7 Å². The van der Waals surface area contributed by atoms with E-state index in [4.69, 9.17) is 10.8 Å². The smallest absolute Gasteiger partial charge is 0.324 e. The molecule has 8 heteroatoms. The van der Waals surface area contributed by atoms with Crippen molar-refractivity contribution in [2.45, 2.75) is 12.5 Å². The number of aliphatic carboxylic acids is 1. The number of nitrogens with two attached hydrogens (primary N) is 1. The summed E-state index contributed by atoms with van der Waals surface area (Å²) in [6, 6.07) is -1.26. The lowest BCUT2D eigenvalue weighted by molar-refractivity contribution is -0.138. The van der Waals surface area contributed by atoms with Crippen molar-refractivity contribution in [2.75, 3.05) is 24.6 Å². The number of nitrogens with one attached hydrogen (secondary N) is 1. The van der Waals surface area contributed by atoms with Crippen molar-refractivity contribution < 1.29 is 19.5 Å². The Kier molecular flexibility index (Phi) is 5.23. The molecule has 0 saturated carbocycles. The van der Waals surface area contributed by atoms with Crippen molar-refractivity contribution in [2.24, 2.45) is 5.73 Å². The van der Waals surface area contributed by atoms with E-state index in [1.165, 1.54) is 11.8 Å². The summed E-state index contributed by atoms with van der Waals surface area (Å²) < 4.78 is 0. The van der Waals surface area contributed by atoms with Crippen LogP contribution in [0.1, 0.15) is 6.42 Å². The fourth-order valence-electron chi connectivity index (χ4n) is 1.28. The van der Waals surface area contributed by atoms with E-state index in [0.29, 0.717) is 25.3 Å². The number of imide groups is 1. The fourth-order valence-corrected chi connectivity index (χ4v) is 2.18. The molecule has 96 valence electrons. The quantitative estimate of drug-likeness (QED) is 0.533. The minimum atomic E-state index is -1.05. The molecular weight excluding hydrogens is 246 g/mol. The third-order valence-corrected chi connectivity index (χ3v) is 3.25. The van der Waals surface area contributed by atoms with Crippen LogP contribution >= 0.6 is 11.8 Å². The molecule has 1 aliphatic heterocycles. The number of nitrogens with zero attached hydrogens (tertiary/aromatic N) is 1. The molecule has 0 aromatic heterocycles. The first kappa shape index (κ1) is 13.8. The number of carbonyl (C=O) groups is 3. The molecule has 1 heterocycles. The SMILES string of the molecule is NC(CCSCC(=O)N1CCNC1=O)C(=O)O. The van der Waals surface area contributed by atoms with Crippen molar-refractivity contribution in [3.63, 3.8) is 0 Å². The third-order valence-electron chi connectivity index (χ3n) is 2.27. The Morgan fingerprint density at radius 1 is 1.59 bits per heavy atom. The van der Waals surface area contributed by atoms with Crippen LogP contribution in [0.5, 0.6) is 0 Å². The molecule has 3 amide bonds. The number of hydrogen-bond acceptors (Lipinski definition) is 5. The molecule has 7 nitrogen and oxygen atoms in total. The van der Waals surface area contributed by atoms with Gasteiger partial charge in [0.05, 0.1) is 5.75 Å². The monoisotopic (exact) mass is 261 g/mol. The van der Waals surface area contributed by atoms with Crippen molar-refractivity contribution in [1.82, 2.24) is 10.2 Å². The van der Waals surface area contributed by atoms with E-state index in [1.807, 2.05) is 0 Å². The molecule has 1 rings (SSSR count). The molecule has 1 saturated heterocycles. The zero-order chi connectivity index (χ0) is 12.8. The van der Waals surface area contributed by atoms with E-state index >= 15 is 0 Å². The minimum absolute atomic E-state index is 0.166. The van der Waals surface area contributed by atoms with E-state index < -0.39 is 12.0 Å². The molecule has 0 bridgehead atoms. The zero-order valence-electron chi connectivity index (χ0n) is 9.22. The van der Waals surface area contributed by atoms with Crippen LogP contribution in [-0.4, -0.2) is 58.6 Å². The van der Waals surface area contributed by atoms with Gasteiger partial charge >= 0.3 is 12.0 Å². The number of rotatable bonds is 6. The van der Waals surface area contributed by atoms with Crippen molar-refractivity contribution in [1.29, 1.82) is 0 Å². The Bertz CT molecular complexity index is 323. The highest BCUT2D eigenvalue weighted by atomic mass is 32.2. The van der Waals surface area contributed by atoms with Crippen LogP contribution in [0, 0.1) is 0 Å². The van der Waals surface area contributed by atoms with E-state index in [1.54, 1.807) is 0 Å². The van der Waals surface area contributed by atoms with Gasteiger partial charge in [-0.2, -0.15) is 11.8 Å². The summed E-state index contributed by atoms with van der Waals surface area (Å²) in [4.78, 5) is 34.2. The van der Waals surface area contributed by atoms with E-state index in [-0.39, 0.29) is 17.7 Å². The standard InChI is InChI=1S/C9H15N3O4S/c10-6(8(14)15)1-4-17-5-7(13)12-3-2-11-9(12)16/h6H,1-5,10H2,(H,11,16)(H,14,15). The third kappa shape index (κ3) is 4.23. The average molecular weight is 261 g/mol. The van der Waals surface area contributed by atoms with Crippen molar-refractivity contribution in [3.8, 4) is 0 Å². The second kappa shape index (κ2) is 6.45. The molecular formula is C9H15N3O4S. The summed E-state index contributed by atoms with van der Waals surface area (Å²) in [5.74, 6) is -0.654. The predicted molar refractivity (Wildman–Crippen MR) is 62.7 cm³/mol. The fraction of sp³-hybridized carbons (Fsp3) is 0.667. The lowest BCUT2D eigenvalue weighted by atomic mass is 10.2. The number of urea groups is 1. The van der Waals surface area contributed by atoms with Crippen LogP contribution in [0.3, 0.4) is 0 Å². The Hall–Kier alpha value is -1.28. The van der Waals surface area contributed by atoms with Gasteiger partial charge in [-0.05, 0) is 12.2 Å². The summed E-state index contributed by atoms with van der Waals surface area (Å²) >= 11 is 1.28. The normalized spacial score (nSPS) is 16.8. The number of carboxylic acids is 1. The van der Waals surface area contributed by atoms with Crippen LogP contribution in [0.15, 0.2) is 0 Å². The van der Waals surface area contributed by atoms with Gasteiger partial charge in [0.15, 0.2) is 0 Å². The van der Waals surface area contributed by atoms with Gasteiger partial charge in [0.25, 0.3) is 0 Å². The van der Waals surface area contributed by atoms with Gasteiger partial charge in [-0.25, -0.2) is 4.79 Å². The second-order valence-electron chi connectivity index (χ2n) is 3.56. The maximum Gasteiger partial charge on any atom is 0.324 e. The molecule has 0 aromatic carbocycles. The summed E-state index contributed by atoms with van der Waals surface area (Å²) in [5, 5.41) is 11.1. The van der Waals surface area contributed by atoms with Gasteiger partial charge in [0.1, 0.15) is 6.04 Å². The first-order valence-electron chi connectivity index (χ1n) is 5.16. The van der Waals surface area contributed by atoms with E-state index in [9.17, 15) is 14.4 Å². The largest absolute Gasteiger partial charge is 0.480 e. The van der Waals surface area contributed by atoms with Gasteiger partial charge < -0.3 is 16.2 Å². The highest BCUT2D eigenvalue weighted by Crippen LogP contribution is 2.07. The van der Waals surface area contributed by atoms with E-state index in [0.717, 1.165) is 4.90 Å². The highest BCUT2D eigenvalue weighted by Gasteiger charge is 2.25. The molecule has 0 aliphatic carbocycles. The Labute approximate surface area is 103 Å². The Balaban J connectivity index is 2.16. The molecule has 1 aliphatic rings. The molecule has 1 atom stereocenters. The summed E-state index contributed by atoms with van der Waals surface area (Å²) in [6.45, 7) is 0.881. The number of hydrogen-bond donors (Lipinski definition) is 3. The lowest BCUT2D eigenvalue weighted by Crippen LogP contribution is -2.35. The van der Waals surface area contributed by atoms with Gasteiger partial charge in [0, 0.05) is 13.1 Å². The molecule has 0 aromatic rings. The predicted octanol–water partition coefficient (Wildman–Crippen LogP) is -0.927. The first-order valence-corrected chi connectivity index (χ1v) is 6.32. The van der Waals surface area contributed by atoms with Crippen LogP contribution in [0.2, 0.25) is 0 Å². The van der Waals surface area contributed by atoms with Crippen molar-refractivity contribution in [3.05, 3.63) is 0 Å². The van der Waals surface area contributed by atoms with Gasteiger partial charge in [-0.15, -0.1) is 0 Å². The maximum absolute atomic E-state index is 11.5. The van der Waals surface area contributed by atoms with Crippen LogP contribution in [-0.2, 0) is 9.59 Å². The molecule has 17 heavy (non-hydrogen) atoms. The van der Waals surface area contributed by atoms with Crippen LogP contribution in [0.25, 0.3) is 0 Å². The van der Waals surface area contributed by atoms with Crippen LogP contribution in [0.4, 0.5) is 4.79 Å².